The fourth-order valence-corrected chi connectivity index (χ4v) is 0.987. The van der Waals surface area contributed by atoms with Crippen molar-refractivity contribution in [3.63, 3.8) is 0 Å². The summed E-state index contributed by atoms with van der Waals surface area (Å²) in [5.74, 6) is 0. The Balaban J connectivity index is 3.21. The molecule has 0 aliphatic heterocycles. The Morgan fingerprint density at radius 2 is 2.40 bits per heavy atom. The minimum Gasteiger partial charge on any atom is -0.397 e. The van der Waals surface area contributed by atoms with E-state index in [-0.39, 0.29) is 0 Å². The van der Waals surface area contributed by atoms with Crippen LogP contribution in [0.5, 0.6) is 0 Å². The summed E-state index contributed by atoms with van der Waals surface area (Å²) >= 11 is 1.98. The first-order valence-corrected chi connectivity index (χ1v) is 3.68. The molecular formula is C6H5IN2O. The zero-order valence-electron chi connectivity index (χ0n) is 5.04. The summed E-state index contributed by atoms with van der Waals surface area (Å²) in [5.41, 5.74) is 6.44. The van der Waals surface area contributed by atoms with Gasteiger partial charge in [-0.15, -0.1) is 0 Å². The highest BCUT2D eigenvalue weighted by molar-refractivity contribution is 14.1. The van der Waals surface area contributed by atoms with Crippen LogP contribution >= 0.6 is 22.6 Å². The Kier molecular flexibility index (Phi) is 2.21. The van der Waals surface area contributed by atoms with Crippen molar-refractivity contribution >= 4 is 34.6 Å². The van der Waals surface area contributed by atoms with Gasteiger partial charge in [0.25, 0.3) is 0 Å². The van der Waals surface area contributed by atoms with E-state index >= 15 is 0 Å². The molecule has 0 aliphatic carbocycles. The normalized spacial score (nSPS) is 9.30. The third-order valence-corrected chi connectivity index (χ3v) is 1.92. The smallest absolute Gasteiger partial charge is 0.152 e. The molecule has 0 bridgehead atoms. The number of aromatic nitrogens is 1. The van der Waals surface area contributed by atoms with Crippen LogP contribution in [0.25, 0.3) is 0 Å². The molecule has 0 aliphatic rings. The molecule has 10 heavy (non-hydrogen) atoms. The van der Waals surface area contributed by atoms with Crippen molar-refractivity contribution in [2.45, 2.75) is 0 Å². The van der Waals surface area contributed by atoms with Gasteiger partial charge in [-0.05, 0) is 28.7 Å². The second-order valence-corrected chi connectivity index (χ2v) is 2.79. The van der Waals surface area contributed by atoms with Gasteiger partial charge in [-0.3, -0.25) is 4.79 Å². The van der Waals surface area contributed by atoms with Crippen molar-refractivity contribution in [3.8, 4) is 0 Å². The lowest BCUT2D eigenvalue weighted by Crippen LogP contribution is -1.93. The number of anilines is 1. The van der Waals surface area contributed by atoms with Crippen molar-refractivity contribution in [1.29, 1.82) is 0 Å². The first-order chi connectivity index (χ1) is 4.74. The third-order valence-electron chi connectivity index (χ3n) is 1.01. The second-order valence-electron chi connectivity index (χ2n) is 1.77. The molecular weight excluding hydrogens is 243 g/mol. The molecule has 0 radical (unpaired) electrons. The highest BCUT2D eigenvalue weighted by atomic mass is 127. The number of nitrogens with zero attached hydrogens (tertiary/aromatic N) is 1. The number of nitrogens with two attached hydrogens (primary N) is 1. The fourth-order valence-electron chi connectivity index (χ4n) is 0.565. The summed E-state index contributed by atoms with van der Waals surface area (Å²) in [6, 6.07) is 1.60. The lowest BCUT2D eigenvalue weighted by molar-refractivity contribution is 0.112. The summed E-state index contributed by atoms with van der Waals surface area (Å²) in [5, 5.41) is 0. The van der Waals surface area contributed by atoms with Crippen LogP contribution in [0.4, 0.5) is 5.69 Å². The molecule has 0 fully saturated rings. The molecule has 1 aromatic heterocycles. The maximum Gasteiger partial charge on any atom is 0.152 e. The zero-order valence-corrected chi connectivity index (χ0v) is 7.20. The number of carbonyl (C=O) groups excluding carboxylic acids is 1. The molecule has 0 aromatic carbocycles. The van der Waals surface area contributed by atoms with Gasteiger partial charge >= 0.3 is 0 Å². The average Bonchev–Trinajstić information content (AvgIpc) is 1.94. The number of pyridine rings is 1. The van der Waals surface area contributed by atoms with Crippen LogP contribution in [-0.4, -0.2) is 11.3 Å². The average molecular weight is 248 g/mol. The van der Waals surface area contributed by atoms with Gasteiger partial charge in [-0.25, -0.2) is 4.98 Å². The summed E-state index contributed by atoms with van der Waals surface area (Å²) in [4.78, 5) is 14.2. The van der Waals surface area contributed by atoms with Gasteiger partial charge in [0, 0.05) is 5.56 Å². The van der Waals surface area contributed by atoms with Crippen LogP contribution in [-0.2, 0) is 0 Å². The quantitative estimate of drug-likeness (QED) is 0.459. The number of rotatable bonds is 1. The summed E-state index contributed by atoms with van der Waals surface area (Å²) in [6.07, 6.45) is 2.26. The molecule has 0 spiro atoms. The number of hydrogen-bond donors (Lipinski definition) is 1. The van der Waals surface area contributed by atoms with Gasteiger partial charge in [-0.2, -0.15) is 0 Å². The van der Waals surface area contributed by atoms with E-state index in [1.807, 2.05) is 22.6 Å². The second kappa shape index (κ2) is 2.96. The number of aldehydes is 1. The van der Waals surface area contributed by atoms with Crippen LogP contribution in [0.1, 0.15) is 10.4 Å². The van der Waals surface area contributed by atoms with Crippen molar-refractivity contribution in [1.82, 2.24) is 4.98 Å². The van der Waals surface area contributed by atoms with Gasteiger partial charge in [-0.1, -0.05) is 0 Å². The Bertz CT molecular complexity index is 262. The van der Waals surface area contributed by atoms with E-state index in [4.69, 9.17) is 5.73 Å². The molecule has 4 heteroatoms. The fraction of sp³-hybridized carbons (Fsp3) is 0. The van der Waals surface area contributed by atoms with Crippen molar-refractivity contribution in [2.24, 2.45) is 0 Å². The maximum absolute atomic E-state index is 10.3. The molecule has 1 aromatic rings. The van der Waals surface area contributed by atoms with Crippen LogP contribution in [0.3, 0.4) is 0 Å². The highest BCUT2D eigenvalue weighted by Gasteiger charge is 1.97. The summed E-state index contributed by atoms with van der Waals surface area (Å²) < 4.78 is 0.682. The Labute approximate surface area is 71.8 Å². The molecule has 0 atom stereocenters. The van der Waals surface area contributed by atoms with Crippen LogP contribution in [0.15, 0.2) is 12.3 Å². The standard InChI is InChI=1S/C6H5IN2O/c7-6-4(3-10)1-5(8)2-9-6/h1-3H,8H2. The van der Waals surface area contributed by atoms with Gasteiger partial charge in [0.1, 0.15) is 3.70 Å². The minimum atomic E-state index is 0.516. The Morgan fingerprint density at radius 1 is 1.70 bits per heavy atom. The third kappa shape index (κ3) is 1.44. The predicted octanol–water partition coefficient (Wildman–Crippen LogP) is 1.08. The summed E-state index contributed by atoms with van der Waals surface area (Å²) in [6.45, 7) is 0. The molecule has 3 nitrogen and oxygen atoms in total. The van der Waals surface area contributed by atoms with E-state index in [9.17, 15) is 4.79 Å². The molecule has 0 amide bonds. The topological polar surface area (TPSA) is 56.0 Å². The summed E-state index contributed by atoms with van der Waals surface area (Å²) in [7, 11) is 0. The minimum absolute atomic E-state index is 0.516. The maximum atomic E-state index is 10.3. The molecule has 2 N–H and O–H groups in total. The van der Waals surface area contributed by atoms with Crippen LogP contribution < -0.4 is 5.73 Å². The van der Waals surface area contributed by atoms with Gasteiger partial charge in [0.15, 0.2) is 6.29 Å². The lowest BCUT2D eigenvalue weighted by Gasteiger charge is -1.95. The van der Waals surface area contributed by atoms with Crippen LogP contribution in [0.2, 0.25) is 0 Å². The monoisotopic (exact) mass is 248 g/mol. The molecule has 1 heterocycles. The van der Waals surface area contributed by atoms with Crippen LogP contribution in [0, 0.1) is 3.70 Å². The first-order valence-electron chi connectivity index (χ1n) is 2.60. The molecule has 0 saturated carbocycles. The molecule has 52 valence electrons. The van der Waals surface area contributed by atoms with E-state index in [0.717, 1.165) is 6.29 Å². The number of halogens is 1. The SMILES string of the molecule is Nc1cnc(I)c(C=O)c1. The van der Waals surface area contributed by atoms with E-state index in [1.54, 1.807) is 6.07 Å². The predicted molar refractivity (Wildman–Crippen MR) is 46.8 cm³/mol. The largest absolute Gasteiger partial charge is 0.397 e. The van der Waals surface area contributed by atoms with Gasteiger partial charge in [0.2, 0.25) is 0 Å². The number of carbonyl (C=O) groups is 1. The zero-order chi connectivity index (χ0) is 7.56. The van der Waals surface area contributed by atoms with Crippen molar-refractivity contribution in [2.75, 3.05) is 5.73 Å². The Hall–Kier alpha value is -0.650. The van der Waals surface area contributed by atoms with Crippen molar-refractivity contribution < 1.29 is 4.79 Å². The molecule has 0 saturated heterocycles. The van der Waals surface area contributed by atoms with Gasteiger partial charge in [0.05, 0.1) is 11.9 Å². The van der Waals surface area contributed by atoms with E-state index in [0.29, 0.717) is 15.0 Å². The Morgan fingerprint density at radius 3 is 2.90 bits per heavy atom. The number of nitrogen functional groups attached to an aromatic ring is 1. The van der Waals surface area contributed by atoms with Crippen molar-refractivity contribution in [3.05, 3.63) is 21.5 Å². The lowest BCUT2D eigenvalue weighted by atomic mass is 10.3. The first kappa shape index (κ1) is 7.46. The van der Waals surface area contributed by atoms with Gasteiger partial charge < -0.3 is 5.73 Å². The highest BCUT2D eigenvalue weighted by Crippen LogP contribution is 2.09. The molecule has 1 rings (SSSR count). The number of hydrogen-bond acceptors (Lipinski definition) is 3. The van der Waals surface area contributed by atoms with E-state index < -0.39 is 0 Å². The molecule has 0 unspecified atom stereocenters. The van der Waals surface area contributed by atoms with E-state index in [1.165, 1.54) is 6.20 Å². The van der Waals surface area contributed by atoms with E-state index in [2.05, 4.69) is 4.98 Å².